The van der Waals surface area contributed by atoms with Crippen molar-refractivity contribution in [2.24, 2.45) is 0 Å². The molecule has 1 aliphatic rings. The van der Waals surface area contributed by atoms with Crippen LogP contribution in [0.15, 0.2) is 4.52 Å². The summed E-state index contributed by atoms with van der Waals surface area (Å²) in [5.41, 5.74) is 7.30. The minimum atomic E-state index is -0.264. The zero-order valence-corrected chi connectivity index (χ0v) is 14.1. The lowest BCUT2D eigenvalue weighted by molar-refractivity contribution is -0.127. The second-order valence-corrected chi connectivity index (χ2v) is 5.88. The fourth-order valence-electron chi connectivity index (χ4n) is 2.66. The van der Waals surface area contributed by atoms with Crippen molar-refractivity contribution in [2.45, 2.75) is 45.6 Å². The van der Waals surface area contributed by atoms with E-state index in [2.05, 4.69) is 26.0 Å². The molecule has 136 valence electrons. The van der Waals surface area contributed by atoms with Gasteiger partial charge >= 0.3 is 0 Å². The molecule has 0 radical (unpaired) electrons. The van der Waals surface area contributed by atoms with Crippen molar-refractivity contribution in [1.29, 1.82) is 0 Å². The Bertz CT molecular complexity index is 709. The van der Waals surface area contributed by atoms with Crippen molar-refractivity contribution < 1.29 is 18.8 Å². The van der Waals surface area contributed by atoms with Gasteiger partial charge in [-0.1, -0.05) is 10.3 Å². The Kier molecular flexibility index (Phi) is 5.24. The van der Waals surface area contributed by atoms with E-state index in [-0.39, 0.29) is 30.5 Å². The third-order valence-corrected chi connectivity index (χ3v) is 4.12. The Labute approximate surface area is 143 Å². The molecule has 0 aliphatic carbocycles. The number of nitrogens with two attached hydrogens (primary N) is 1. The van der Waals surface area contributed by atoms with Crippen LogP contribution in [0.4, 0.5) is 5.95 Å². The molecule has 0 aromatic carbocycles. The lowest BCUT2D eigenvalue weighted by atomic mass is 10.1. The molecule has 11 heteroatoms. The van der Waals surface area contributed by atoms with Crippen LogP contribution in [-0.4, -0.2) is 56.6 Å². The molecule has 11 nitrogen and oxygen atoms in total. The SMILES string of the molecule is Cc1noc(C)c1CO[C@@H]1CCOC[C@@H]1NC(=O)Cn1nnnc1N. The van der Waals surface area contributed by atoms with Gasteiger partial charge < -0.3 is 25.0 Å². The van der Waals surface area contributed by atoms with E-state index in [0.717, 1.165) is 17.0 Å². The van der Waals surface area contributed by atoms with Gasteiger partial charge in [0.05, 0.1) is 31.1 Å². The summed E-state index contributed by atoms with van der Waals surface area (Å²) in [6.07, 6.45) is 0.513. The molecule has 3 rings (SSSR count). The van der Waals surface area contributed by atoms with Crippen LogP contribution in [0.25, 0.3) is 0 Å². The van der Waals surface area contributed by atoms with Crippen molar-refractivity contribution in [3.05, 3.63) is 17.0 Å². The van der Waals surface area contributed by atoms with Gasteiger partial charge in [-0.2, -0.15) is 0 Å². The molecule has 0 spiro atoms. The predicted octanol–water partition coefficient (Wildman–Crippen LogP) is -0.649. The number of carbonyl (C=O) groups excluding carboxylic acids is 1. The number of rotatable bonds is 6. The summed E-state index contributed by atoms with van der Waals surface area (Å²) in [5.74, 6) is 0.556. The van der Waals surface area contributed by atoms with Crippen LogP contribution in [0.1, 0.15) is 23.4 Å². The quantitative estimate of drug-likeness (QED) is 0.693. The number of aryl methyl sites for hydroxylation is 2. The number of hydrogen-bond donors (Lipinski definition) is 2. The molecule has 25 heavy (non-hydrogen) atoms. The zero-order valence-electron chi connectivity index (χ0n) is 14.1. The molecule has 1 amide bonds. The first kappa shape index (κ1) is 17.3. The van der Waals surface area contributed by atoms with Crippen molar-refractivity contribution in [1.82, 2.24) is 30.7 Å². The van der Waals surface area contributed by atoms with Crippen molar-refractivity contribution >= 4 is 11.9 Å². The number of nitrogens with zero attached hydrogens (tertiary/aromatic N) is 5. The highest BCUT2D eigenvalue weighted by Gasteiger charge is 2.29. The van der Waals surface area contributed by atoms with Gasteiger partial charge in [0.1, 0.15) is 12.3 Å². The first-order valence-electron chi connectivity index (χ1n) is 7.96. The van der Waals surface area contributed by atoms with Crippen LogP contribution in [0.3, 0.4) is 0 Å². The highest BCUT2D eigenvalue weighted by Crippen LogP contribution is 2.18. The Morgan fingerprint density at radius 1 is 1.48 bits per heavy atom. The lowest BCUT2D eigenvalue weighted by Gasteiger charge is -2.32. The van der Waals surface area contributed by atoms with E-state index in [9.17, 15) is 4.79 Å². The molecular formula is C14H21N7O4. The first-order chi connectivity index (χ1) is 12.0. The van der Waals surface area contributed by atoms with E-state index in [1.807, 2.05) is 13.8 Å². The number of tetrazole rings is 1. The van der Waals surface area contributed by atoms with E-state index >= 15 is 0 Å². The van der Waals surface area contributed by atoms with E-state index in [0.29, 0.717) is 26.2 Å². The first-order valence-corrected chi connectivity index (χ1v) is 7.96. The van der Waals surface area contributed by atoms with Crippen LogP contribution in [-0.2, 0) is 27.4 Å². The van der Waals surface area contributed by atoms with E-state index in [1.165, 1.54) is 4.68 Å². The van der Waals surface area contributed by atoms with Crippen LogP contribution in [0, 0.1) is 13.8 Å². The van der Waals surface area contributed by atoms with Gasteiger partial charge in [0.15, 0.2) is 0 Å². The van der Waals surface area contributed by atoms with Gasteiger partial charge in [-0.3, -0.25) is 4.79 Å². The normalized spacial score (nSPS) is 20.6. The number of ether oxygens (including phenoxy) is 2. The van der Waals surface area contributed by atoms with Gasteiger partial charge in [0.2, 0.25) is 11.9 Å². The number of amides is 1. The Morgan fingerprint density at radius 3 is 3.00 bits per heavy atom. The summed E-state index contributed by atoms with van der Waals surface area (Å²) < 4.78 is 17.8. The monoisotopic (exact) mass is 351 g/mol. The lowest BCUT2D eigenvalue weighted by Crippen LogP contribution is -2.51. The van der Waals surface area contributed by atoms with Crippen LogP contribution < -0.4 is 11.1 Å². The molecule has 2 atom stereocenters. The van der Waals surface area contributed by atoms with Crippen LogP contribution in [0.2, 0.25) is 0 Å². The van der Waals surface area contributed by atoms with Crippen LogP contribution >= 0.6 is 0 Å². The molecule has 2 aromatic heterocycles. The molecule has 0 unspecified atom stereocenters. The molecule has 0 saturated carbocycles. The largest absolute Gasteiger partial charge is 0.379 e. The second kappa shape index (κ2) is 7.57. The van der Waals surface area contributed by atoms with Gasteiger partial charge in [0.25, 0.3) is 0 Å². The Balaban J connectivity index is 1.57. The van der Waals surface area contributed by atoms with E-state index in [1.54, 1.807) is 0 Å². The summed E-state index contributed by atoms with van der Waals surface area (Å²) in [5, 5.41) is 17.4. The maximum atomic E-state index is 12.2. The number of nitrogens with one attached hydrogen (secondary N) is 1. The molecule has 2 aromatic rings. The molecule has 3 heterocycles. The van der Waals surface area contributed by atoms with Gasteiger partial charge in [-0.05, 0) is 30.7 Å². The number of nitrogen functional groups attached to an aromatic ring is 1. The van der Waals surface area contributed by atoms with Crippen molar-refractivity contribution in [2.75, 3.05) is 18.9 Å². The molecule has 3 N–H and O–H groups in total. The highest BCUT2D eigenvalue weighted by atomic mass is 16.5. The molecule has 1 fully saturated rings. The van der Waals surface area contributed by atoms with Crippen molar-refractivity contribution in [3.63, 3.8) is 0 Å². The summed E-state index contributed by atoms with van der Waals surface area (Å²) in [4.78, 5) is 12.2. The second-order valence-electron chi connectivity index (χ2n) is 5.88. The summed E-state index contributed by atoms with van der Waals surface area (Å²) >= 11 is 0. The van der Waals surface area contributed by atoms with Gasteiger partial charge in [0, 0.05) is 12.2 Å². The third-order valence-electron chi connectivity index (χ3n) is 4.12. The highest BCUT2D eigenvalue weighted by molar-refractivity contribution is 5.76. The topological polar surface area (TPSA) is 143 Å². The number of anilines is 1. The average molecular weight is 351 g/mol. The van der Waals surface area contributed by atoms with E-state index in [4.69, 9.17) is 19.7 Å². The molecular weight excluding hydrogens is 330 g/mol. The van der Waals surface area contributed by atoms with Gasteiger partial charge in [-0.25, -0.2) is 4.68 Å². The molecule has 1 saturated heterocycles. The fraction of sp³-hybridized carbons (Fsp3) is 0.643. The minimum Gasteiger partial charge on any atom is -0.379 e. The third kappa shape index (κ3) is 4.12. The van der Waals surface area contributed by atoms with Gasteiger partial charge in [-0.15, -0.1) is 0 Å². The maximum Gasteiger partial charge on any atom is 0.242 e. The summed E-state index contributed by atoms with van der Waals surface area (Å²) in [6.45, 7) is 4.99. The summed E-state index contributed by atoms with van der Waals surface area (Å²) in [7, 11) is 0. The van der Waals surface area contributed by atoms with Crippen molar-refractivity contribution in [3.8, 4) is 0 Å². The van der Waals surface area contributed by atoms with Crippen LogP contribution in [0.5, 0.6) is 0 Å². The average Bonchev–Trinajstić information content (AvgIpc) is 3.13. The van der Waals surface area contributed by atoms with E-state index < -0.39 is 0 Å². The Hall–Kier alpha value is -2.53. The predicted molar refractivity (Wildman–Crippen MR) is 84.2 cm³/mol. The maximum absolute atomic E-state index is 12.2. The molecule has 1 aliphatic heterocycles. The Morgan fingerprint density at radius 2 is 2.32 bits per heavy atom. The number of aromatic nitrogens is 5. The zero-order chi connectivity index (χ0) is 17.8. The number of hydrogen-bond acceptors (Lipinski definition) is 9. The smallest absolute Gasteiger partial charge is 0.242 e. The molecule has 0 bridgehead atoms. The fourth-order valence-corrected chi connectivity index (χ4v) is 2.66. The number of carbonyl (C=O) groups is 1. The minimum absolute atomic E-state index is 0.0636. The summed E-state index contributed by atoms with van der Waals surface area (Å²) in [6, 6.07) is -0.264. The standard InChI is InChI=1S/C14H21N7O4/c1-8-10(9(2)25-18-8)6-24-12-3-4-23-7-11(12)16-13(22)5-21-14(15)17-19-20-21/h11-12H,3-7H2,1-2H3,(H,16,22)(H2,15,17,20)/t11-,12+/m0/s1.